The van der Waals surface area contributed by atoms with E-state index in [0.29, 0.717) is 25.1 Å². The smallest absolute Gasteiger partial charge is 0.251 e. The van der Waals surface area contributed by atoms with E-state index in [1.165, 1.54) is 4.31 Å². The Morgan fingerprint density at radius 3 is 2.89 bits per heavy atom. The lowest BCUT2D eigenvalue weighted by molar-refractivity contribution is 0.583. The van der Waals surface area contributed by atoms with Gasteiger partial charge in [0.05, 0.1) is 11.8 Å². The number of rotatable bonds is 3. The maximum absolute atomic E-state index is 12.3. The Balaban J connectivity index is 2.43. The van der Waals surface area contributed by atoms with Crippen molar-refractivity contribution in [3.8, 4) is 6.07 Å². The van der Waals surface area contributed by atoms with Gasteiger partial charge in [-0.05, 0) is 36.6 Å². The number of hydrogen-bond donors (Lipinski definition) is 0. The van der Waals surface area contributed by atoms with E-state index < -0.39 is 15.3 Å². The van der Waals surface area contributed by atoms with E-state index in [-0.39, 0.29) is 0 Å². The van der Waals surface area contributed by atoms with E-state index in [2.05, 4.69) is 15.9 Å². The van der Waals surface area contributed by atoms with Crippen LogP contribution in [0.5, 0.6) is 0 Å². The summed E-state index contributed by atoms with van der Waals surface area (Å²) in [6, 6.07) is 7.41. The Bertz CT molecular complexity index is 607. The van der Waals surface area contributed by atoms with Crippen molar-refractivity contribution in [2.75, 3.05) is 10.8 Å². The van der Waals surface area contributed by atoms with Crippen LogP contribution < -0.4 is 4.31 Å². The number of benzene rings is 1. The molecule has 0 N–H and O–H groups in total. The second kappa shape index (κ2) is 4.90. The number of anilines is 1. The van der Waals surface area contributed by atoms with Gasteiger partial charge in [-0.1, -0.05) is 22.9 Å². The van der Waals surface area contributed by atoms with Gasteiger partial charge in [0.2, 0.25) is 0 Å². The molecule has 1 atom stereocenters. The molecule has 1 aliphatic rings. The molecule has 0 aliphatic carbocycles. The Labute approximate surface area is 115 Å². The van der Waals surface area contributed by atoms with Crippen molar-refractivity contribution < 1.29 is 8.42 Å². The Morgan fingerprint density at radius 2 is 2.28 bits per heavy atom. The standard InChI is InChI=1S/C12H13BrN2O2S/c1-2-11(8-14)18(16,17)15-6-5-9-7-10(13)3-4-12(9)15/h3-4,7,11H,2,5-6H2,1H3. The van der Waals surface area contributed by atoms with E-state index in [9.17, 15) is 8.42 Å². The Morgan fingerprint density at radius 1 is 1.56 bits per heavy atom. The van der Waals surface area contributed by atoms with E-state index in [1.807, 2.05) is 18.2 Å². The number of sulfonamides is 1. The maximum atomic E-state index is 12.3. The molecule has 0 aromatic heterocycles. The van der Waals surface area contributed by atoms with Crippen molar-refractivity contribution in [2.45, 2.75) is 25.0 Å². The molecule has 0 spiro atoms. The maximum Gasteiger partial charge on any atom is 0.251 e. The molecule has 1 aromatic rings. The second-order valence-electron chi connectivity index (χ2n) is 4.17. The second-order valence-corrected chi connectivity index (χ2v) is 7.12. The topological polar surface area (TPSA) is 61.2 Å². The fourth-order valence-corrected chi connectivity index (χ4v) is 4.19. The summed E-state index contributed by atoms with van der Waals surface area (Å²) >= 11 is 3.37. The number of nitrogens with zero attached hydrogens (tertiary/aromatic N) is 2. The molecule has 4 nitrogen and oxygen atoms in total. The SMILES string of the molecule is CCC(C#N)S(=O)(=O)N1CCc2cc(Br)ccc21. The van der Waals surface area contributed by atoms with Crippen LogP contribution in [0, 0.1) is 11.3 Å². The molecule has 96 valence electrons. The van der Waals surface area contributed by atoms with Gasteiger partial charge in [0.1, 0.15) is 0 Å². The lowest BCUT2D eigenvalue weighted by atomic mass is 10.2. The van der Waals surface area contributed by atoms with Crippen LogP contribution in [0.4, 0.5) is 5.69 Å². The normalized spacial score (nSPS) is 16.2. The number of hydrogen-bond acceptors (Lipinski definition) is 3. The minimum absolute atomic E-state index is 0.307. The van der Waals surface area contributed by atoms with Crippen molar-refractivity contribution >= 4 is 31.6 Å². The summed E-state index contributed by atoms with van der Waals surface area (Å²) < 4.78 is 27.0. The molecule has 0 bridgehead atoms. The number of fused-ring (bicyclic) bond motifs is 1. The Hall–Kier alpha value is -1.06. The molecule has 0 radical (unpaired) electrons. The van der Waals surface area contributed by atoms with Crippen LogP contribution in [0.15, 0.2) is 22.7 Å². The van der Waals surface area contributed by atoms with Crippen LogP contribution >= 0.6 is 15.9 Å². The van der Waals surface area contributed by atoms with Crippen molar-refractivity contribution in [1.29, 1.82) is 5.26 Å². The van der Waals surface area contributed by atoms with Crippen LogP contribution in [0.2, 0.25) is 0 Å². The van der Waals surface area contributed by atoms with Crippen LogP contribution in [0.3, 0.4) is 0 Å². The number of halogens is 1. The zero-order valence-corrected chi connectivity index (χ0v) is 12.3. The highest BCUT2D eigenvalue weighted by molar-refractivity contribution is 9.10. The molecule has 1 heterocycles. The fourth-order valence-electron chi connectivity index (χ4n) is 2.13. The highest BCUT2D eigenvalue weighted by Crippen LogP contribution is 2.33. The number of nitriles is 1. The molecule has 6 heteroatoms. The minimum Gasteiger partial charge on any atom is -0.269 e. The molecule has 1 unspecified atom stereocenters. The predicted molar refractivity (Wildman–Crippen MR) is 73.8 cm³/mol. The zero-order chi connectivity index (χ0) is 13.3. The summed E-state index contributed by atoms with van der Waals surface area (Å²) in [5.74, 6) is 0. The molecule has 1 aromatic carbocycles. The lowest BCUT2D eigenvalue weighted by Crippen LogP contribution is -2.36. The molecular formula is C12H13BrN2O2S. The molecule has 0 amide bonds. The summed E-state index contributed by atoms with van der Waals surface area (Å²) in [5.41, 5.74) is 1.70. The highest BCUT2D eigenvalue weighted by atomic mass is 79.9. The third kappa shape index (κ3) is 2.13. The van der Waals surface area contributed by atoms with Gasteiger partial charge in [0, 0.05) is 11.0 Å². The summed E-state index contributed by atoms with van der Waals surface area (Å²) in [4.78, 5) is 0. The van der Waals surface area contributed by atoms with Crippen molar-refractivity contribution in [3.63, 3.8) is 0 Å². The average Bonchev–Trinajstić information content (AvgIpc) is 2.73. The summed E-state index contributed by atoms with van der Waals surface area (Å²) in [6.07, 6.45) is 0.997. The van der Waals surface area contributed by atoms with Gasteiger partial charge in [-0.15, -0.1) is 0 Å². The van der Waals surface area contributed by atoms with Gasteiger partial charge >= 0.3 is 0 Å². The quantitative estimate of drug-likeness (QED) is 0.856. The highest BCUT2D eigenvalue weighted by Gasteiger charge is 2.35. The van der Waals surface area contributed by atoms with Crippen molar-refractivity contribution in [1.82, 2.24) is 0 Å². The van der Waals surface area contributed by atoms with Crippen molar-refractivity contribution in [2.24, 2.45) is 0 Å². The fraction of sp³-hybridized carbons (Fsp3) is 0.417. The molecule has 0 fully saturated rings. The Kier molecular flexibility index (Phi) is 3.64. The van der Waals surface area contributed by atoms with Crippen molar-refractivity contribution in [3.05, 3.63) is 28.2 Å². The molecule has 18 heavy (non-hydrogen) atoms. The van der Waals surface area contributed by atoms with Gasteiger partial charge in [0.25, 0.3) is 10.0 Å². The van der Waals surface area contributed by atoms with Crippen LogP contribution in [0.25, 0.3) is 0 Å². The van der Waals surface area contributed by atoms with Gasteiger partial charge in [0.15, 0.2) is 5.25 Å². The largest absolute Gasteiger partial charge is 0.269 e. The average molecular weight is 329 g/mol. The molecule has 0 saturated heterocycles. The summed E-state index contributed by atoms with van der Waals surface area (Å²) in [5, 5.41) is 7.99. The van der Waals surface area contributed by atoms with E-state index in [0.717, 1.165) is 10.0 Å². The molecule has 2 rings (SSSR count). The molecule has 0 saturated carbocycles. The monoisotopic (exact) mass is 328 g/mol. The first kappa shape index (κ1) is 13.4. The first-order valence-electron chi connectivity index (χ1n) is 5.70. The first-order chi connectivity index (χ1) is 8.50. The third-order valence-corrected chi connectivity index (χ3v) is 5.72. The first-order valence-corrected chi connectivity index (χ1v) is 8.00. The minimum atomic E-state index is -3.57. The van der Waals surface area contributed by atoms with Crippen LogP contribution in [-0.4, -0.2) is 20.2 Å². The predicted octanol–water partition coefficient (Wildman–Crippen LogP) is 2.44. The van der Waals surface area contributed by atoms with E-state index in [1.54, 1.807) is 13.0 Å². The van der Waals surface area contributed by atoms with E-state index >= 15 is 0 Å². The third-order valence-electron chi connectivity index (χ3n) is 3.08. The summed E-state index contributed by atoms with van der Waals surface area (Å²) in [7, 11) is -3.57. The lowest BCUT2D eigenvalue weighted by Gasteiger charge is -2.21. The van der Waals surface area contributed by atoms with Crippen LogP contribution in [0.1, 0.15) is 18.9 Å². The van der Waals surface area contributed by atoms with Gasteiger partial charge in [-0.3, -0.25) is 4.31 Å². The van der Waals surface area contributed by atoms with Crippen LogP contribution in [-0.2, 0) is 16.4 Å². The zero-order valence-electron chi connectivity index (χ0n) is 9.93. The molecule has 1 aliphatic heterocycles. The van der Waals surface area contributed by atoms with E-state index in [4.69, 9.17) is 5.26 Å². The van der Waals surface area contributed by atoms with Gasteiger partial charge < -0.3 is 0 Å². The van der Waals surface area contributed by atoms with Gasteiger partial charge in [-0.2, -0.15) is 5.26 Å². The molecular weight excluding hydrogens is 316 g/mol. The van der Waals surface area contributed by atoms with Gasteiger partial charge in [-0.25, -0.2) is 8.42 Å². The summed E-state index contributed by atoms with van der Waals surface area (Å²) in [6.45, 7) is 2.14.